The smallest absolute Gasteiger partial charge is 0.323 e. The molecule has 1 amide bonds. The first-order valence-electron chi connectivity index (χ1n) is 7.55. The summed E-state index contributed by atoms with van der Waals surface area (Å²) in [5.74, 6) is 0.707. The molecule has 3 N–H and O–H groups in total. The van der Waals surface area contributed by atoms with Crippen LogP contribution in [0.25, 0.3) is 11.0 Å². The topological polar surface area (TPSA) is 96.2 Å². The lowest BCUT2D eigenvalue weighted by Gasteiger charge is -2.13. The van der Waals surface area contributed by atoms with Crippen molar-refractivity contribution >= 4 is 38.6 Å². The Kier molecular flexibility index (Phi) is 4.80. The summed E-state index contributed by atoms with van der Waals surface area (Å²) in [5.41, 5.74) is 1.98. The van der Waals surface area contributed by atoms with Crippen LogP contribution < -0.4 is 20.5 Å². The van der Waals surface area contributed by atoms with Gasteiger partial charge in [0.25, 0.3) is 5.91 Å². The number of halogens is 1. The molecule has 0 saturated heterocycles. The number of hydrogen-bond donors (Lipinski definition) is 3. The average Bonchev–Trinajstić information content (AvgIpc) is 2.95. The van der Waals surface area contributed by atoms with Crippen molar-refractivity contribution in [2.24, 2.45) is 0 Å². The van der Waals surface area contributed by atoms with Gasteiger partial charge in [-0.1, -0.05) is 0 Å². The van der Waals surface area contributed by atoms with Gasteiger partial charge in [-0.05, 0) is 53.2 Å². The maximum Gasteiger partial charge on any atom is 0.323 e. The van der Waals surface area contributed by atoms with E-state index in [4.69, 9.17) is 9.47 Å². The van der Waals surface area contributed by atoms with Crippen molar-refractivity contribution in [3.05, 3.63) is 50.9 Å². The molecule has 0 radical (unpaired) electrons. The summed E-state index contributed by atoms with van der Waals surface area (Å²) in [5, 5.41) is 2.80. The number of rotatable bonds is 5. The van der Waals surface area contributed by atoms with Gasteiger partial charge in [0.05, 0.1) is 29.2 Å². The van der Waals surface area contributed by atoms with Crippen molar-refractivity contribution in [3.8, 4) is 11.5 Å². The normalized spacial score (nSPS) is 10.7. The molecule has 0 atom stereocenters. The Balaban J connectivity index is 1.89. The Morgan fingerprint density at radius 3 is 2.68 bits per heavy atom. The molecule has 0 bridgehead atoms. The monoisotopic (exact) mass is 405 g/mol. The summed E-state index contributed by atoms with van der Waals surface area (Å²) >= 11 is 3.40. The standard InChI is InChI=1S/C17H16BrN3O4/c1-3-25-15-11(18)6-9(7-14(15)24-2)16(22)19-10-4-5-12-13(8-10)21-17(23)20-12/h4-8H,3H2,1-2H3,(H,19,22)(H2,20,21,23). The Morgan fingerprint density at radius 2 is 1.96 bits per heavy atom. The second kappa shape index (κ2) is 7.02. The van der Waals surface area contributed by atoms with Crippen molar-refractivity contribution in [2.75, 3.05) is 19.0 Å². The number of H-pyrrole nitrogens is 2. The third-order valence-corrected chi connectivity index (χ3v) is 4.14. The van der Waals surface area contributed by atoms with Crippen LogP contribution in [0.4, 0.5) is 5.69 Å². The summed E-state index contributed by atoms with van der Waals surface area (Å²) in [7, 11) is 1.52. The second-order valence-electron chi connectivity index (χ2n) is 5.22. The molecule has 0 spiro atoms. The number of carbonyl (C=O) groups is 1. The van der Waals surface area contributed by atoms with Crippen LogP contribution in [-0.4, -0.2) is 29.6 Å². The van der Waals surface area contributed by atoms with Gasteiger partial charge in [-0.2, -0.15) is 0 Å². The average molecular weight is 406 g/mol. The number of fused-ring (bicyclic) bond motifs is 1. The van der Waals surface area contributed by atoms with Gasteiger partial charge in [-0.25, -0.2) is 4.79 Å². The van der Waals surface area contributed by atoms with Crippen LogP contribution in [0.1, 0.15) is 17.3 Å². The molecule has 130 valence electrons. The highest BCUT2D eigenvalue weighted by Gasteiger charge is 2.16. The second-order valence-corrected chi connectivity index (χ2v) is 6.07. The molecular weight excluding hydrogens is 390 g/mol. The molecule has 2 aromatic carbocycles. The Hall–Kier alpha value is -2.74. The van der Waals surface area contributed by atoms with E-state index in [1.165, 1.54) is 7.11 Å². The highest BCUT2D eigenvalue weighted by atomic mass is 79.9. The third-order valence-electron chi connectivity index (χ3n) is 3.55. The zero-order valence-corrected chi connectivity index (χ0v) is 15.2. The van der Waals surface area contributed by atoms with Crippen LogP contribution in [0.2, 0.25) is 0 Å². The minimum Gasteiger partial charge on any atom is -0.493 e. The zero-order chi connectivity index (χ0) is 18.0. The molecular formula is C17H16BrN3O4. The molecule has 8 heteroatoms. The number of aromatic amines is 2. The van der Waals surface area contributed by atoms with Gasteiger partial charge in [0, 0.05) is 11.3 Å². The molecule has 0 aliphatic heterocycles. The van der Waals surface area contributed by atoms with Crippen LogP contribution in [0.15, 0.2) is 39.6 Å². The summed E-state index contributed by atoms with van der Waals surface area (Å²) in [6.45, 7) is 2.35. The molecule has 7 nitrogen and oxygen atoms in total. The summed E-state index contributed by atoms with van der Waals surface area (Å²) in [6.07, 6.45) is 0. The van der Waals surface area contributed by atoms with Gasteiger partial charge in [0.2, 0.25) is 0 Å². The van der Waals surface area contributed by atoms with Gasteiger partial charge in [0.15, 0.2) is 11.5 Å². The lowest BCUT2D eigenvalue weighted by molar-refractivity contribution is 0.102. The van der Waals surface area contributed by atoms with Crippen molar-refractivity contribution < 1.29 is 14.3 Å². The lowest BCUT2D eigenvalue weighted by Crippen LogP contribution is -2.12. The Morgan fingerprint density at radius 1 is 1.20 bits per heavy atom. The fraction of sp³-hybridized carbons (Fsp3) is 0.176. The first-order chi connectivity index (χ1) is 12.0. The van der Waals surface area contributed by atoms with Crippen molar-refractivity contribution in [1.29, 1.82) is 0 Å². The van der Waals surface area contributed by atoms with Gasteiger partial charge >= 0.3 is 5.69 Å². The fourth-order valence-electron chi connectivity index (χ4n) is 2.45. The van der Waals surface area contributed by atoms with E-state index in [0.29, 0.717) is 44.9 Å². The molecule has 3 aromatic rings. The lowest BCUT2D eigenvalue weighted by atomic mass is 10.1. The number of imidazole rings is 1. The minimum absolute atomic E-state index is 0.293. The largest absolute Gasteiger partial charge is 0.493 e. The first kappa shape index (κ1) is 17.1. The highest BCUT2D eigenvalue weighted by molar-refractivity contribution is 9.10. The Labute approximate surface area is 151 Å². The predicted octanol–water partition coefficient (Wildman–Crippen LogP) is 3.28. The summed E-state index contributed by atoms with van der Waals surface area (Å²) in [6, 6.07) is 8.40. The van der Waals surface area contributed by atoms with E-state index in [1.54, 1.807) is 30.3 Å². The number of carbonyl (C=O) groups excluding carboxylic acids is 1. The number of hydrogen-bond acceptors (Lipinski definition) is 4. The van der Waals surface area contributed by atoms with Gasteiger partial charge < -0.3 is 24.8 Å². The van der Waals surface area contributed by atoms with Crippen molar-refractivity contribution in [1.82, 2.24) is 9.97 Å². The molecule has 1 heterocycles. The van der Waals surface area contributed by atoms with Gasteiger partial charge in [-0.3, -0.25) is 4.79 Å². The van der Waals surface area contributed by atoms with E-state index >= 15 is 0 Å². The van der Waals surface area contributed by atoms with Crippen LogP contribution >= 0.6 is 15.9 Å². The van der Waals surface area contributed by atoms with Crippen molar-refractivity contribution in [3.63, 3.8) is 0 Å². The van der Waals surface area contributed by atoms with Gasteiger partial charge in [-0.15, -0.1) is 0 Å². The molecule has 0 unspecified atom stereocenters. The van der Waals surface area contributed by atoms with E-state index in [9.17, 15) is 9.59 Å². The van der Waals surface area contributed by atoms with Gasteiger partial charge in [0.1, 0.15) is 0 Å². The van der Waals surface area contributed by atoms with Crippen molar-refractivity contribution in [2.45, 2.75) is 6.92 Å². The number of aromatic nitrogens is 2. The number of ether oxygens (including phenoxy) is 2. The number of methoxy groups -OCH3 is 1. The van der Waals surface area contributed by atoms with Crippen LogP contribution in [-0.2, 0) is 0 Å². The van der Waals surface area contributed by atoms with Crippen LogP contribution in [0.5, 0.6) is 11.5 Å². The minimum atomic E-state index is -0.306. The molecule has 0 aliphatic rings. The molecule has 1 aromatic heterocycles. The molecule has 0 aliphatic carbocycles. The molecule has 25 heavy (non-hydrogen) atoms. The molecule has 0 fully saturated rings. The number of nitrogens with one attached hydrogen (secondary N) is 3. The summed E-state index contributed by atoms with van der Waals surface area (Å²) in [4.78, 5) is 29.1. The number of amides is 1. The SMILES string of the molecule is CCOc1c(Br)cc(C(=O)Nc2ccc3[nH]c(=O)[nH]c3c2)cc1OC. The van der Waals surface area contributed by atoms with Crippen LogP contribution in [0, 0.1) is 0 Å². The predicted molar refractivity (Wildman–Crippen MR) is 98.7 cm³/mol. The van der Waals surface area contributed by atoms with E-state index in [-0.39, 0.29) is 11.6 Å². The molecule has 0 saturated carbocycles. The van der Waals surface area contributed by atoms with E-state index in [1.807, 2.05) is 6.92 Å². The van der Waals surface area contributed by atoms with E-state index < -0.39 is 0 Å². The van der Waals surface area contributed by atoms with Crippen LogP contribution in [0.3, 0.4) is 0 Å². The fourth-order valence-corrected chi connectivity index (χ4v) is 3.01. The maximum absolute atomic E-state index is 12.5. The Bertz CT molecular complexity index is 993. The summed E-state index contributed by atoms with van der Waals surface area (Å²) < 4.78 is 11.5. The zero-order valence-electron chi connectivity index (χ0n) is 13.6. The number of anilines is 1. The number of benzene rings is 2. The van der Waals surface area contributed by atoms with E-state index in [0.717, 1.165) is 0 Å². The first-order valence-corrected chi connectivity index (χ1v) is 8.35. The quantitative estimate of drug-likeness (QED) is 0.606. The van der Waals surface area contributed by atoms with E-state index in [2.05, 4.69) is 31.2 Å². The maximum atomic E-state index is 12.5. The molecule has 3 rings (SSSR count). The highest BCUT2D eigenvalue weighted by Crippen LogP contribution is 2.36. The third kappa shape index (κ3) is 3.53.